The molecule has 0 unspecified atom stereocenters. The van der Waals surface area contributed by atoms with Crippen molar-refractivity contribution in [3.63, 3.8) is 0 Å². The molecule has 4 heteroatoms. The highest BCUT2D eigenvalue weighted by atomic mass is 35.5. The van der Waals surface area contributed by atoms with Gasteiger partial charge in [-0.2, -0.15) is 0 Å². The highest BCUT2D eigenvalue weighted by Crippen LogP contribution is 2.47. The van der Waals surface area contributed by atoms with E-state index in [0.717, 1.165) is 24.5 Å². The van der Waals surface area contributed by atoms with Crippen molar-refractivity contribution < 1.29 is 0 Å². The van der Waals surface area contributed by atoms with E-state index in [2.05, 4.69) is 64.9 Å². The lowest BCUT2D eigenvalue weighted by atomic mass is 10.1. The number of anilines is 1. The van der Waals surface area contributed by atoms with E-state index in [4.69, 9.17) is 11.6 Å². The second-order valence-corrected chi connectivity index (χ2v) is 7.91. The third-order valence-corrected chi connectivity index (χ3v) is 5.96. The second-order valence-electron chi connectivity index (χ2n) is 6.39. The van der Waals surface area contributed by atoms with Crippen LogP contribution in [0.2, 0.25) is 5.02 Å². The van der Waals surface area contributed by atoms with Crippen molar-refractivity contribution in [1.82, 2.24) is 5.32 Å². The Kier molecular flexibility index (Phi) is 5.21. The van der Waals surface area contributed by atoms with Crippen LogP contribution in [0.3, 0.4) is 0 Å². The van der Waals surface area contributed by atoms with Gasteiger partial charge < -0.3 is 10.2 Å². The van der Waals surface area contributed by atoms with Gasteiger partial charge in [-0.25, -0.2) is 0 Å². The van der Waals surface area contributed by atoms with Gasteiger partial charge in [-0.1, -0.05) is 65.8 Å². The van der Waals surface area contributed by atoms with Crippen molar-refractivity contribution in [1.29, 1.82) is 0 Å². The van der Waals surface area contributed by atoms with Crippen molar-refractivity contribution in [3.8, 4) is 0 Å². The maximum Gasteiger partial charge on any atom is 0.0627 e. The summed E-state index contributed by atoms with van der Waals surface area (Å²) in [5, 5.41) is 6.62. The Balaban J connectivity index is 1.78. The van der Waals surface area contributed by atoms with Gasteiger partial charge >= 0.3 is 0 Å². The van der Waals surface area contributed by atoms with E-state index in [9.17, 15) is 0 Å². The molecule has 1 N–H and O–H groups in total. The smallest absolute Gasteiger partial charge is 0.0627 e. The number of nitrogens with zero attached hydrogens (tertiary/aromatic N) is 1. The third kappa shape index (κ3) is 3.48. The van der Waals surface area contributed by atoms with Gasteiger partial charge in [0.1, 0.15) is 0 Å². The molecule has 3 aromatic carbocycles. The highest BCUT2D eigenvalue weighted by molar-refractivity contribution is 8.08. The zero-order valence-corrected chi connectivity index (χ0v) is 16.3. The average molecular weight is 381 g/mol. The van der Waals surface area contributed by atoms with Crippen molar-refractivity contribution in [3.05, 3.63) is 77.4 Å². The summed E-state index contributed by atoms with van der Waals surface area (Å²) in [6, 6.07) is 21.2. The lowest BCUT2D eigenvalue weighted by Crippen LogP contribution is -2.24. The minimum atomic E-state index is 0.771. The van der Waals surface area contributed by atoms with Crippen molar-refractivity contribution >= 4 is 44.7 Å². The standard InChI is InChI=1S/C22H21ClN2S/c1-24-13-4-14-25-15-21(17-7-10-18(23)11-8-17)26-20-12-9-16-5-2-3-6-19(16)22(20)25/h2-3,5-12,15,24H,4,13-14H2,1H3. The topological polar surface area (TPSA) is 15.3 Å². The molecule has 0 saturated heterocycles. The SMILES string of the molecule is CNCCCN1C=C(c2ccc(Cl)cc2)Sc2ccc3ccccc3c21. The number of nitrogens with one attached hydrogen (secondary N) is 1. The number of hydrogen-bond acceptors (Lipinski definition) is 3. The molecule has 0 atom stereocenters. The molecule has 26 heavy (non-hydrogen) atoms. The molecule has 0 radical (unpaired) electrons. The predicted octanol–water partition coefficient (Wildman–Crippen LogP) is 6.01. The molecule has 0 saturated carbocycles. The first-order valence-corrected chi connectivity index (χ1v) is 10.0. The molecule has 132 valence electrons. The van der Waals surface area contributed by atoms with Crippen LogP contribution in [0.25, 0.3) is 15.7 Å². The second kappa shape index (κ2) is 7.75. The van der Waals surface area contributed by atoms with Crippen molar-refractivity contribution in [2.24, 2.45) is 0 Å². The first-order chi connectivity index (χ1) is 12.8. The molecule has 4 rings (SSSR count). The maximum atomic E-state index is 6.07. The number of hydrogen-bond donors (Lipinski definition) is 1. The zero-order valence-electron chi connectivity index (χ0n) is 14.7. The zero-order chi connectivity index (χ0) is 17.9. The molecule has 1 aliphatic rings. The van der Waals surface area contributed by atoms with Crippen LogP contribution < -0.4 is 10.2 Å². The lowest BCUT2D eigenvalue weighted by molar-refractivity contribution is 0.721. The van der Waals surface area contributed by atoms with Crippen LogP contribution in [0.5, 0.6) is 0 Å². The highest BCUT2D eigenvalue weighted by Gasteiger charge is 2.21. The first kappa shape index (κ1) is 17.5. The Morgan fingerprint density at radius 1 is 1.00 bits per heavy atom. The van der Waals surface area contributed by atoms with E-state index in [1.165, 1.54) is 31.8 Å². The summed E-state index contributed by atoms with van der Waals surface area (Å²) in [7, 11) is 2.00. The van der Waals surface area contributed by atoms with Gasteiger partial charge in [-0.15, -0.1) is 0 Å². The summed E-state index contributed by atoms with van der Waals surface area (Å²) >= 11 is 7.90. The van der Waals surface area contributed by atoms with Crippen LogP contribution in [0, 0.1) is 0 Å². The fourth-order valence-electron chi connectivity index (χ4n) is 3.31. The van der Waals surface area contributed by atoms with Crippen LogP contribution in [-0.2, 0) is 0 Å². The van der Waals surface area contributed by atoms with E-state index < -0.39 is 0 Å². The Morgan fingerprint density at radius 3 is 2.62 bits per heavy atom. The van der Waals surface area contributed by atoms with Gasteiger partial charge in [0.15, 0.2) is 0 Å². The monoisotopic (exact) mass is 380 g/mol. The van der Waals surface area contributed by atoms with Gasteiger partial charge in [0.2, 0.25) is 0 Å². The third-order valence-electron chi connectivity index (χ3n) is 4.60. The van der Waals surface area contributed by atoms with Crippen LogP contribution in [0.15, 0.2) is 71.8 Å². The van der Waals surface area contributed by atoms with Gasteiger partial charge in [-0.05, 0) is 49.2 Å². The quantitative estimate of drug-likeness (QED) is 0.545. The molecule has 0 fully saturated rings. The molecule has 0 aliphatic carbocycles. The van der Waals surface area contributed by atoms with Crippen molar-refractivity contribution in [2.75, 3.05) is 25.0 Å². The summed E-state index contributed by atoms with van der Waals surface area (Å²) in [5.41, 5.74) is 2.53. The molecule has 0 bridgehead atoms. The maximum absolute atomic E-state index is 6.07. The summed E-state index contributed by atoms with van der Waals surface area (Å²) < 4.78 is 0. The molecule has 3 aromatic rings. The minimum Gasteiger partial charge on any atom is -0.345 e. The minimum absolute atomic E-state index is 0.771. The number of halogens is 1. The fraction of sp³-hybridized carbons (Fsp3) is 0.182. The fourth-order valence-corrected chi connectivity index (χ4v) is 4.57. The van der Waals surface area contributed by atoms with E-state index in [1.807, 2.05) is 30.9 Å². The summed E-state index contributed by atoms with van der Waals surface area (Å²) in [6.45, 7) is 1.99. The van der Waals surface area contributed by atoms with E-state index >= 15 is 0 Å². The molecule has 0 spiro atoms. The Morgan fingerprint density at radius 2 is 1.81 bits per heavy atom. The number of benzene rings is 3. The first-order valence-electron chi connectivity index (χ1n) is 8.85. The Hall–Kier alpha value is -1.94. The van der Waals surface area contributed by atoms with E-state index in [-0.39, 0.29) is 0 Å². The van der Waals surface area contributed by atoms with Gasteiger partial charge in [0.05, 0.1) is 5.69 Å². The summed E-state index contributed by atoms with van der Waals surface area (Å²) in [6.07, 6.45) is 3.38. The van der Waals surface area contributed by atoms with Crippen LogP contribution >= 0.6 is 23.4 Å². The van der Waals surface area contributed by atoms with Crippen LogP contribution in [0.1, 0.15) is 12.0 Å². The number of fused-ring (bicyclic) bond motifs is 3. The van der Waals surface area contributed by atoms with Crippen LogP contribution in [-0.4, -0.2) is 20.1 Å². The van der Waals surface area contributed by atoms with Crippen LogP contribution in [0.4, 0.5) is 5.69 Å². The molecule has 0 aromatic heterocycles. The molecular formula is C22H21ClN2S. The normalized spacial score (nSPS) is 13.6. The van der Waals surface area contributed by atoms with Gasteiger partial charge in [0.25, 0.3) is 0 Å². The van der Waals surface area contributed by atoms with E-state index in [1.54, 1.807) is 0 Å². The lowest BCUT2D eigenvalue weighted by Gasteiger charge is -2.30. The number of thioether (sulfide) groups is 1. The van der Waals surface area contributed by atoms with Gasteiger partial charge in [0, 0.05) is 33.0 Å². The predicted molar refractivity (Wildman–Crippen MR) is 115 cm³/mol. The summed E-state index contributed by atoms with van der Waals surface area (Å²) in [4.78, 5) is 4.98. The largest absolute Gasteiger partial charge is 0.345 e. The molecule has 1 aliphatic heterocycles. The molecular weight excluding hydrogens is 360 g/mol. The molecule has 2 nitrogen and oxygen atoms in total. The molecule has 1 heterocycles. The Labute approximate surface area is 163 Å². The van der Waals surface area contributed by atoms with Gasteiger partial charge in [-0.3, -0.25) is 0 Å². The number of rotatable bonds is 5. The average Bonchev–Trinajstić information content (AvgIpc) is 2.68. The summed E-state index contributed by atoms with van der Waals surface area (Å²) in [5.74, 6) is 0. The molecule has 0 amide bonds. The van der Waals surface area contributed by atoms with Crippen molar-refractivity contribution in [2.45, 2.75) is 11.3 Å². The Bertz CT molecular complexity index is 950. The van der Waals surface area contributed by atoms with E-state index in [0.29, 0.717) is 0 Å².